The molecule has 2 fully saturated rings. The molecule has 2 aliphatic heterocycles. The molecular formula is C21H29KN4O3. The molecule has 7 nitrogen and oxygen atoms in total. The quantitative estimate of drug-likeness (QED) is 0.401. The Balaban J connectivity index is 0.00000300. The first-order valence-electron chi connectivity index (χ1n) is 9.90. The van der Waals surface area contributed by atoms with Gasteiger partial charge in [0, 0.05) is 45.8 Å². The molecular weight excluding hydrogens is 395 g/mol. The Morgan fingerprint density at radius 2 is 1.69 bits per heavy atom. The standard InChI is InChI=1S/C21H30N4O3.K/c1-3-23-8-10-24(11-9-23)15-18-6-4-17(5-7-18)13-22-21(28)25-14-16(2)12-19(25)20(26)27;/h4-7,19H,2-3,8-15H2,1H3,(H,22,28)(H,26,27);/q;+1/p-1/t19-;/m0./s1. The molecule has 2 aliphatic rings. The predicted octanol–water partition coefficient (Wildman–Crippen LogP) is -2.58. The van der Waals surface area contributed by atoms with Crippen LogP contribution in [0.1, 0.15) is 24.5 Å². The molecule has 1 atom stereocenters. The van der Waals surface area contributed by atoms with Crippen molar-refractivity contribution in [1.82, 2.24) is 20.0 Å². The van der Waals surface area contributed by atoms with E-state index in [2.05, 4.69) is 40.8 Å². The van der Waals surface area contributed by atoms with Crippen molar-refractivity contribution in [2.24, 2.45) is 0 Å². The zero-order chi connectivity index (χ0) is 20.1. The molecule has 0 aromatic heterocycles. The Hall–Kier alpha value is -0.744. The molecule has 0 bridgehead atoms. The van der Waals surface area contributed by atoms with Crippen molar-refractivity contribution >= 4 is 12.0 Å². The van der Waals surface area contributed by atoms with Crippen LogP contribution in [-0.2, 0) is 17.9 Å². The minimum Gasteiger partial charge on any atom is -0.548 e. The van der Waals surface area contributed by atoms with E-state index in [1.807, 2.05) is 12.1 Å². The summed E-state index contributed by atoms with van der Waals surface area (Å²) in [6, 6.07) is 6.88. The van der Waals surface area contributed by atoms with Crippen LogP contribution >= 0.6 is 0 Å². The van der Waals surface area contributed by atoms with Crippen LogP contribution in [0.3, 0.4) is 0 Å². The second-order valence-corrected chi connectivity index (χ2v) is 7.60. The fourth-order valence-electron chi connectivity index (χ4n) is 3.79. The van der Waals surface area contributed by atoms with Gasteiger partial charge in [0.05, 0.1) is 12.0 Å². The number of rotatable bonds is 6. The number of carboxylic acid groups (broad SMARTS) is 1. The Morgan fingerprint density at radius 3 is 2.28 bits per heavy atom. The first-order chi connectivity index (χ1) is 13.5. The third kappa shape index (κ3) is 6.88. The van der Waals surface area contributed by atoms with Crippen LogP contribution in [0.2, 0.25) is 0 Å². The van der Waals surface area contributed by atoms with Crippen molar-refractivity contribution in [3.05, 3.63) is 47.5 Å². The SMILES string of the molecule is C=C1C[C@@H](C(=O)[O-])N(C(=O)NCc2ccc(CN3CCN(CC)CC3)cc2)C1.[K+]. The second-order valence-electron chi connectivity index (χ2n) is 7.60. The van der Waals surface area contributed by atoms with Crippen LogP contribution < -0.4 is 61.8 Å². The summed E-state index contributed by atoms with van der Waals surface area (Å²) in [5, 5.41) is 14.0. The normalized spacial score (nSPS) is 20.4. The molecule has 1 aromatic carbocycles. The molecule has 3 rings (SSSR count). The molecule has 152 valence electrons. The number of carbonyl (C=O) groups is 2. The molecule has 1 N–H and O–H groups in total. The number of carboxylic acids is 1. The van der Waals surface area contributed by atoms with Gasteiger partial charge in [-0.1, -0.05) is 43.3 Å². The Kier molecular flexibility index (Phi) is 9.81. The summed E-state index contributed by atoms with van der Waals surface area (Å²) in [5.74, 6) is -1.24. The van der Waals surface area contributed by atoms with Gasteiger partial charge in [0.1, 0.15) is 0 Å². The van der Waals surface area contributed by atoms with Crippen LogP contribution in [0.5, 0.6) is 0 Å². The fraction of sp³-hybridized carbons (Fsp3) is 0.524. The van der Waals surface area contributed by atoms with Gasteiger partial charge in [-0.15, -0.1) is 0 Å². The van der Waals surface area contributed by atoms with Gasteiger partial charge < -0.3 is 25.0 Å². The van der Waals surface area contributed by atoms with Crippen LogP contribution in [-0.4, -0.2) is 72.0 Å². The Labute approximate surface area is 215 Å². The fourth-order valence-corrected chi connectivity index (χ4v) is 3.79. The van der Waals surface area contributed by atoms with Gasteiger partial charge in [-0.2, -0.15) is 0 Å². The number of amides is 2. The van der Waals surface area contributed by atoms with Crippen molar-refractivity contribution in [3.63, 3.8) is 0 Å². The predicted molar refractivity (Wildman–Crippen MR) is 105 cm³/mol. The van der Waals surface area contributed by atoms with E-state index in [-0.39, 0.29) is 64.4 Å². The molecule has 29 heavy (non-hydrogen) atoms. The summed E-state index contributed by atoms with van der Waals surface area (Å²) in [7, 11) is 0. The number of hydrogen-bond donors (Lipinski definition) is 1. The monoisotopic (exact) mass is 424 g/mol. The van der Waals surface area contributed by atoms with Crippen molar-refractivity contribution in [2.75, 3.05) is 39.3 Å². The maximum Gasteiger partial charge on any atom is 1.00 e. The van der Waals surface area contributed by atoms with E-state index in [0.717, 1.165) is 50.4 Å². The van der Waals surface area contributed by atoms with Crippen molar-refractivity contribution in [3.8, 4) is 0 Å². The summed E-state index contributed by atoms with van der Waals surface area (Å²) in [6.07, 6.45) is 0.261. The molecule has 2 amide bonds. The van der Waals surface area contributed by atoms with E-state index < -0.39 is 18.0 Å². The average molecular weight is 425 g/mol. The first-order valence-corrected chi connectivity index (χ1v) is 9.90. The molecule has 0 spiro atoms. The number of hydrogen-bond acceptors (Lipinski definition) is 5. The van der Waals surface area contributed by atoms with Crippen molar-refractivity contribution < 1.29 is 66.1 Å². The first kappa shape index (κ1) is 24.5. The van der Waals surface area contributed by atoms with Crippen LogP contribution in [0.25, 0.3) is 0 Å². The van der Waals surface area contributed by atoms with E-state index in [0.29, 0.717) is 6.54 Å². The topological polar surface area (TPSA) is 78.9 Å². The molecule has 0 aliphatic carbocycles. The molecule has 2 saturated heterocycles. The molecule has 8 heteroatoms. The van der Waals surface area contributed by atoms with Crippen molar-refractivity contribution in [1.29, 1.82) is 0 Å². The molecule has 2 heterocycles. The summed E-state index contributed by atoms with van der Waals surface area (Å²) < 4.78 is 0. The van der Waals surface area contributed by atoms with Gasteiger partial charge >= 0.3 is 57.4 Å². The summed E-state index contributed by atoms with van der Waals surface area (Å²) in [6.45, 7) is 13.1. The Bertz CT molecular complexity index is 717. The third-order valence-corrected chi connectivity index (χ3v) is 5.57. The van der Waals surface area contributed by atoms with Gasteiger partial charge in [-0.3, -0.25) is 4.90 Å². The van der Waals surface area contributed by atoms with E-state index in [9.17, 15) is 14.7 Å². The number of carbonyl (C=O) groups excluding carboxylic acids is 2. The van der Waals surface area contributed by atoms with E-state index in [4.69, 9.17) is 0 Å². The van der Waals surface area contributed by atoms with Gasteiger partial charge in [-0.25, -0.2) is 4.79 Å². The number of piperazine rings is 1. The second kappa shape index (κ2) is 11.6. The number of aliphatic carboxylic acids is 1. The molecule has 0 radical (unpaired) electrons. The largest absolute Gasteiger partial charge is 1.00 e. The molecule has 1 aromatic rings. The number of nitrogens with zero attached hydrogens (tertiary/aromatic N) is 3. The number of likely N-dealkylation sites (tertiary alicyclic amines) is 1. The van der Waals surface area contributed by atoms with E-state index in [1.165, 1.54) is 10.5 Å². The maximum atomic E-state index is 12.3. The van der Waals surface area contributed by atoms with Gasteiger partial charge in [0.15, 0.2) is 0 Å². The number of nitrogens with one attached hydrogen (secondary N) is 1. The van der Waals surface area contributed by atoms with Gasteiger partial charge in [-0.05, 0) is 24.1 Å². The smallest absolute Gasteiger partial charge is 0.548 e. The van der Waals surface area contributed by atoms with Gasteiger partial charge in [0.2, 0.25) is 0 Å². The minimum absolute atomic E-state index is 0. The minimum atomic E-state index is -1.24. The van der Waals surface area contributed by atoms with Crippen LogP contribution in [0, 0.1) is 0 Å². The van der Waals surface area contributed by atoms with Gasteiger partial charge in [0.25, 0.3) is 0 Å². The van der Waals surface area contributed by atoms with E-state index >= 15 is 0 Å². The summed E-state index contributed by atoms with van der Waals surface area (Å²) in [4.78, 5) is 29.7. The number of urea groups is 1. The van der Waals surface area contributed by atoms with Crippen LogP contribution in [0.15, 0.2) is 36.4 Å². The third-order valence-electron chi connectivity index (χ3n) is 5.57. The van der Waals surface area contributed by atoms with Crippen LogP contribution in [0.4, 0.5) is 4.79 Å². The van der Waals surface area contributed by atoms with Crippen molar-refractivity contribution in [2.45, 2.75) is 32.5 Å². The molecule has 0 unspecified atom stereocenters. The van der Waals surface area contributed by atoms with E-state index in [1.54, 1.807) is 0 Å². The summed E-state index contributed by atoms with van der Waals surface area (Å²) >= 11 is 0. The number of benzene rings is 1. The Morgan fingerprint density at radius 1 is 1.10 bits per heavy atom. The zero-order valence-corrected chi connectivity index (χ0v) is 20.6. The average Bonchev–Trinajstić information content (AvgIpc) is 3.10. The number of likely N-dealkylation sites (N-methyl/N-ethyl adjacent to an activating group) is 1. The zero-order valence-electron chi connectivity index (χ0n) is 17.5. The maximum absolute atomic E-state index is 12.3. The molecule has 0 saturated carbocycles. The summed E-state index contributed by atoms with van der Waals surface area (Å²) in [5.41, 5.74) is 2.97.